The third kappa shape index (κ3) is 4.52. The number of methoxy groups -OCH3 is 2. The summed E-state index contributed by atoms with van der Waals surface area (Å²) in [6.07, 6.45) is 2.47. The van der Waals surface area contributed by atoms with Gasteiger partial charge in [0.05, 0.1) is 30.2 Å². The van der Waals surface area contributed by atoms with Gasteiger partial charge in [-0.3, -0.25) is 4.79 Å². The lowest BCUT2D eigenvalue weighted by molar-refractivity contribution is 0.0744. The number of pyridine rings is 1. The molecule has 1 saturated carbocycles. The van der Waals surface area contributed by atoms with Crippen molar-refractivity contribution >= 4 is 32.7 Å². The highest BCUT2D eigenvalue weighted by Gasteiger charge is 2.36. The summed E-state index contributed by atoms with van der Waals surface area (Å²) < 4.78 is 58.5. The first kappa shape index (κ1) is 26.1. The van der Waals surface area contributed by atoms with E-state index in [1.54, 1.807) is 28.5 Å². The molecule has 1 aromatic heterocycles. The number of nitrogens with two attached hydrogens (primary N) is 1. The fraction of sp³-hybridized carbons (Fsp3) is 0.385. The van der Waals surface area contributed by atoms with Crippen molar-refractivity contribution in [2.24, 2.45) is 5.73 Å². The molecule has 2 aromatic carbocycles. The number of hydrogen-bond donors (Lipinski definition) is 1. The molecule has 2 unspecified atom stereocenters. The number of aryl methyl sites for hydroxylation is 1. The molecule has 10 nitrogen and oxygen atoms in total. The second-order valence-electron chi connectivity index (χ2n) is 9.63. The Kier molecular flexibility index (Phi) is 6.66. The summed E-state index contributed by atoms with van der Waals surface area (Å²) in [5.74, 6) is -1.96. The van der Waals surface area contributed by atoms with Crippen molar-refractivity contribution in [1.29, 1.82) is 0 Å². The fourth-order valence-electron chi connectivity index (χ4n) is 4.85. The lowest BCUT2D eigenvalue weighted by Gasteiger charge is -2.24. The predicted molar refractivity (Wildman–Crippen MR) is 138 cm³/mol. The highest BCUT2D eigenvalue weighted by atomic mass is 32.2. The maximum absolute atomic E-state index is 15.6. The van der Waals surface area contributed by atoms with Gasteiger partial charge < -0.3 is 28.9 Å². The van der Waals surface area contributed by atoms with Crippen LogP contribution in [0.15, 0.2) is 46.2 Å². The highest BCUT2D eigenvalue weighted by Crippen LogP contribution is 2.44. The number of benzene rings is 2. The average molecular weight is 546 g/mol. The summed E-state index contributed by atoms with van der Waals surface area (Å²) in [6.45, 7) is 2.42. The summed E-state index contributed by atoms with van der Waals surface area (Å²) >= 11 is 0. The van der Waals surface area contributed by atoms with Crippen LogP contribution >= 0.6 is 0 Å². The van der Waals surface area contributed by atoms with Crippen LogP contribution < -0.4 is 20.8 Å². The van der Waals surface area contributed by atoms with Gasteiger partial charge in [-0.2, -0.15) is 8.42 Å². The minimum Gasteiger partial charge on any atom is -0.492 e. The van der Waals surface area contributed by atoms with Crippen molar-refractivity contribution in [2.45, 2.75) is 42.8 Å². The van der Waals surface area contributed by atoms with E-state index in [1.807, 2.05) is 0 Å². The fourth-order valence-corrected chi connectivity index (χ4v) is 5.70. The van der Waals surface area contributed by atoms with E-state index in [0.29, 0.717) is 18.6 Å². The number of rotatable bonds is 7. The standard InChI is InChI=1S/C26H28FN3O7S/c1-14-4-8-16(9-5-14)38(33,34)37-26(32)18-11-30(15-6-7-15)22-17(24(18)31)10-19(27)23(25(22)36-3)29-12-20(28)21(13-29)35-2/h4-5,8-11,15,20-21H,6-7,12-13,28H2,1-3H3. The van der Waals surface area contributed by atoms with Gasteiger partial charge in [0.15, 0.2) is 11.6 Å². The Hall–Kier alpha value is -3.48. The van der Waals surface area contributed by atoms with Crippen LogP contribution in [0.2, 0.25) is 0 Å². The molecule has 0 radical (unpaired) electrons. The number of hydrogen-bond acceptors (Lipinski definition) is 9. The lowest BCUT2D eigenvalue weighted by atomic mass is 10.1. The van der Waals surface area contributed by atoms with E-state index in [-0.39, 0.29) is 39.9 Å². The van der Waals surface area contributed by atoms with E-state index < -0.39 is 32.9 Å². The van der Waals surface area contributed by atoms with Gasteiger partial charge in [0.25, 0.3) is 0 Å². The largest absolute Gasteiger partial charge is 0.492 e. The van der Waals surface area contributed by atoms with Gasteiger partial charge in [-0.1, -0.05) is 17.7 Å². The molecule has 2 aliphatic rings. The van der Waals surface area contributed by atoms with E-state index >= 15 is 4.39 Å². The highest BCUT2D eigenvalue weighted by molar-refractivity contribution is 7.87. The second-order valence-corrected chi connectivity index (χ2v) is 11.2. The zero-order valence-corrected chi connectivity index (χ0v) is 22.0. The monoisotopic (exact) mass is 545 g/mol. The van der Waals surface area contributed by atoms with Crippen molar-refractivity contribution in [3.63, 3.8) is 0 Å². The van der Waals surface area contributed by atoms with Crippen molar-refractivity contribution < 1.29 is 31.3 Å². The molecule has 38 heavy (non-hydrogen) atoms. The number of anilines is 1. The summed E-state index contributed by atoms with van der Waals surface area (Å²) in [6, 6.07) is 6.35. The Morgan fingerprint density at radius 3 is 2.39 bits per heavy atom. The van der Waals surface area contributed by atoms with Crippen molar-refractivity contribution in [1.82, 2.24) is 4.57 Å². The molecule has 5 rings (SSSR count). The van der Waals surface area contributed by atoms with Crippen LogP contribution in [-0.2, 0) is 19.0 Å². The Bertz CT molecular complexity index is 1580. The van der Waals surface area contributed by atoms with Crippen LogP contribution in [0.25, 0.3) is 10.9 Å². The maximum atomic E-state index is 15.6. The minimum absolute atomic E-state index is 0.0851. The number of carbonyl (C=O) groups excluding carboxylic acids is 1. The van der Waals surface area contributed by atoms with Gasteiger partial charge in [-0.25, -0.2) is 9.18 Å². The first-order chi connectivity index (χ1) is 18.1. The zero-order valence-electron chi connectivity index (χ0n) is 21.1. The molecule has 3 aromatic rings. The van der Waals surface area contributed by atoms with E-state index in [9.17, 15) is 18.0 Å². The zero-order chi connectivity index (χ0) is 27.4. The lowest BCUT2D eigenvalue weighted by Crippen LogP contribution is -2.34. The van der Waals surface area contributed by atoms with E-state index in [0.717, 1.165) is 24.5 Å². The molecule has 2 N–H and O–H groups in total. The molecule has 1 aliphatic carbocycles. The maximum Gasteiger partial charge on any atom is 0.359 e. The van der Waals surface area contributed by atoms with E-state index in [1.165, 1.54) is 32.5 Å². The van der Waals surface area contributed by atoms with Crippen LogP contribution in [0.4, 0.5) is 10.1 Å². The molecule has 1 saturated heterocycles. The summed E-state index contributed by atoms with van der Waals surface area (Å²) in [4.78, 5) is 27.9. The quantitative estimate of drug-likeness (QED) is 0.445. The molecule has 2 heterocycles. The SMILES string of the molecule is COc1c(N2CC(N)C(OC)C2)c(F)cc2c(=O)c(C(=O)OS(=O)(=O)c3ccc(C)cc3)cn(C3CC3)c12. The number of carbonyl (C=O) groups is 1. The van der Waals surface area contributed by atoms with Crippen LogP contribution in [0.1, 0.15) is 34.8 Å². The van der Waals surface area contributed by atoms with Crippen molar-refractivity contribution in [3.05, 3.63) is 63.7 Å². The summed E-state index contributed by atoms with van der Waals surface area (Å²) in [5.41, 5.74) is 6.04. The van der Waals surface area contributed by atoms with Crippen LogP contribution in [0, 0.1) is 12.7 Å². The first-order valence-corrected chi connectivity index (χ1v) is 13.5. The number of ether oxygens (including phenoxy) is 2. The molecule has 2 fully saturated rings. The van der Waals surface area contributed by atoms with Gasteiger partial charge in [0, 0.05) is 32.4 Å². The summed E-state index contributed by atoms with van der Waals surface area (Å²) in [7, 11) is -1.58. The van der Waals surface area contributed by atoms with Crippen LogP contribution in [-0.4, -0.2) is 58.4 Å². The Morgan fingerprint density at radius 1 is 1.13 bits per heavy atom. The average Bonchev–Trinajstić information content (AvgIpc) is 3.65. The predicted octanol–water partition coefficient (Wildman–Crippen LogP) is 2.50. The van der Waals surface area contributed by atoms with Crippen molar-refractivity contribution in [3.8, 4) is 5.75 Å². The molecule has 1 aliphatic heterocycles. The molecule has 0 spiro atoms. The topological polar surface area (TPSA) is 130 Å². The van der Waals surface area contributed by atoms with Crippen LogP contribution in [0.5, 0.6) is 5.75 Å². The van der Waals surface area contributed by atoms with Gasteiger partial charge in [0.1, 0.15) is 16.1 Å². The number of fused-ring (bicyclic) bond motifs is 1. The Morgan fingerprint density at radius 2 is 1.82 bits per heavy atom. The molecule has 0 bridgehead atoms. The van der Waals surface area contributed by atoms with E-state index in [2.05, 4.69) is 0 Å². The summed E-state index contributed by atoms with van der Waals surface area (Å²) in [5, 5.41) is -0.121. The van der Waals surface area contributed by atoms with Gasteiger partial charge >= 0.3 is 16.1 Å². The molecule has 2 atom stereocenters. The number of nitrogens with zero attached hydrogens (tertiary/aromatic N) is 2. The van der Waals surface area contributed by atoms with Crippen molar-refractivity contribution in [2.75, 3.05) is 32.2 Å². The van der Waals surface area contributed by atoms with Crippen LogP contribution in [0.3, 0.4) is 0 Å². The molecule has 12 heteroatoms. The molecular weight excluding hydrogens is 517 g/mol. The normalized spacial score (nSPS) is 19.7. The third-order valence-corrected chi connectivity index (χ3v) is 8.21. The number of aromatic nitrogens is 1. The molecule has 202 valence electrons. The van der Waals surface area contributed by atoms with Gasteiger partial charge in [0.2, 0.25) is 5.43 Å². The molecule has 0 amide bonds. The second kappa shape index (κ2) is 9.68. The minimum atomic E-state index is -4.49. The van der Waals surface area contributed by atoms with Gasteiger partial charge in [-0.15, -0.1) is 0 Å². The molecular formula is C26H28FN3O7S. The smallest absolute Gasteiger partial charge is 0.359 e. The third-order valence-electron chi connectivity index (χ3n) is 6.99. The van der Waals surface area contributed by atoms with E-state index in [4.69, 9.17) is 19.4 Å². The Labute approximate surface area is 218 Å². The Balaban J connectivity index is 1.62. The van der Waals surface area contributed by atoms with Gasteiger partial charge in [-0.05, 0) is 38.0 Å². The first-order valence-electron chi connectivity index (χ1n) is 12.1. The number of halogens is 1.